The maximum atomic E-state index is 5.78. The molecule has 0 N–H and O–H groups in total. The highest BCUT2D eigenvalue weighted by Crippen LogP contribution is 2.13. The SMILES string of the molecule is CCCCCCCCCCCCOCCCCCCOCCOCCOCC(CC)CCCC. The Hall–Kier alpha value is -0.160. The van der Waals surface area contributed by atoms with Gasteiger partial charge < -0.3 is 18.9 Å². The summed E-state index contributed by atoms with van der Waals surface area (Å²) in [6, 6.07) is 0. The van der Waals surface area contributed by atoms with E-state index in [0.717, 1.165) is 32.8 Å². The Morgan fingerprint density at radius 2 is 0.765 bits per heavy atom. The van der Waals surface area contributed by atoms with E-state index >= 15 is 0 Å². The zero-order valence-corrected chi connectivity index (χ0v) is 23.6. The van der Waals surface area contributed by atoms with E-state index in [-0.39, 0.29) is 0 Å². The minimum Gasteiger partial charge on any atom is -0.381 e. The van der Waals surface area contributed by atoms with Crippen molar-refractivity contribution in [1.29, 1.82) is 0 Å². The molecule has 0 radical (unpaired) electrons. The summed E-state index contributed by atoms with van der Waals surface area (Å²) < 4.78 is 22.8. The van der Waals surface area contributed by atoms with E-state index in [1.807, 2.05) is 0 Å². The summed E-state index contributed by atoms with van der Waals surface area (Å²) in [7, 11) is 0. The average molecular weight is 487 g/mol. The lowest BCUT2D eigenvalue weighted by atomic mass is 10.0. The molecule has 0 heterocycles. The van der Waals surface area contributed by atoms with Crippen molar-refractivity contribution in [2.45, 2.75) is 136 Å². The number of ether oxygens (including phenoxy) is 4. The average Bonchev–Trinajstić information content (AvgIpc) is 2.85. The van der Waals surface area contributed by atoms with Crippen LogP contribution >= 0.6 is 0 Å². The minimum absolute atomic E-state index is 0.670. The first kappa shape index (κ1) is 33.8. The van der Waals surface area contributed by atoms with E-state index < -0.39 is 0 Å². The summed E-state index contributed by atoms with van der Waals surface area (Å²) >= 11 is 0. The van der Waals surface area contributed by atoms with Crippen LogP contribution in [0.4, 0.5) is 0 Å². The van der Waals surface area contributed by atoms with Crippen LogP contribution in [-0.4, -0.2) is 52.9 Å². The van der Waals surface area contributed by atoms with Crippen LogP contribution in [0.2, 0.25) is 0 Å². The van der Waals surface area contributed by atoms with Gasteiger partial charge in [0.05, 0.1) is 26.4 Å². The zero-order valence-electron chi connectivity index (χ0n) is 23.6. The van der Waals surface area contributed by atoms with Crippen molar-refractivity contribution in [3.8, 4) is 0 Å². The number of unbranched alkanes of at least 4 members (excludes halogenated alkanes) is 13. The smallest absolute Gasteiger partial charge is 0.0701 e. The Balaban J connectivity index is 3.09. The Bertz CT molecular complexity index is 351. The molecule has 0 saturated carbocycles. The third kappa shape index (κ3) is 28.1. The predicted molar refractivity (Wildman–Crippen MR) is 147 cm³/mol. The Kier molecular flexibility index (Phi) is 30.7. The molecule has 4 heteroatoms. The van der Waals surface area contributed by atoms with Crippen molar-refractivity contribution < 1.29 is 18.9 Å². The lowest BCUT2D eigenvalue weighted by Gasteiger charge is -2.14. The molecule has 0 aliphatic heterocycles. The monoisotopic (exact) mass is 486 g/mol. The first-order valence-electron chi connectivity index (χ1n) is 15.2. The minimum atomic E-state index is 0.670. The fourth-order valence-corrected chi connectivity index (χ4v) is 4.14. The Morgan fingerprint density at radius 1 is 0.382 bits per heavy atom. The van der Waals surface area contributed by atoms with Crippen LogP contribution in [0, 0.1) is 5.92 Å². The van der Waals surface area contributed by atoms with Gasteiger partial charge in [-0.3, -0.25) is 0 Å². The van der Waals surface area contributed by atoms with Crippen LogP contribution in [0.1, 0.15) is 136 Å². The van der Waals surface area contributed by atoms with Crippen LogP contribution in [-0.2, 0) is 18.9 Å². The van der Waals surface area contributed by atoms with Crippen LogP contribution < -0.4 is 0 Å². The fraction of sp³-hybridized carbons (Fsp3) is 1.00. The van der Waals surface area contributed by atoms with E-state index in [2.05, 4.69) is 20.8 Å². The van der Waals surface area contributed by atoms with Crippen molar-refractivity contribution >= 4 is 0 Å². The molecule has 206 valence electrons. The van der Waals surface area contributed by atoms with Gasteiger partial charge in [0.1, 0.15) is 0 Å². The molecule has 0 spiro atoms. The van der Waals surface area contributed by atoms with Crippen LogP contribution in [0.15, 0.2) is 0 Å². The molecule has 0 aromatic heterocycles. The van der Waals surface area contributed by atoms with Crippen molar-refractivity contribution in [3.05, 3.63) is 0 Å². The zero-order chi connectivity index (χ0) is 24.8. The normalized spacial score (nSPS) is 12.4. The Morgan fingerprint density at radius 3 is 1.24 bits per heavy atom. The van der Waals surface area contributed by atoms with Crippen LogP contribution in [0.3, 0.4) is 0 Å². The second-order valence-electron chi connectivity index (χ2n) is 9.92. The summed E-state index contributed by atoms with van der Waals surface area (Å²) in [6.07, 6.45) is 23.7. The summed E-state index contributed by atoms with van der Waals surface area (Å²) in [6.45, 7) is 13.1. The van der Waals surface area contributed by atoms with E-state index in [1.165, 1.54) is 109 Å². The molecule has 0 saturated heterocycles. The first-order valence-corrected chi connectivity index (χ1v) is 15.2. The van der Waals surface area contributed by atoms with Crippen molar-refractivity contribution in [2.24, 2.45) is 5.92 Å². The molecule has 34 heavy (non-hydrogen) atoms. The second-order valence-corrected chi connectivity index (χ2v) is 9.92. The highest BCUT2D eigenvalue weighted by molar-refractivity contribution is 4.55. The van der Waals surface area contributed by atoms with Gasteiger partial charge in [-0.05, 0) is 31.6 Å². The van der Waals surface area contributed by atoms with Gasteiger partial charge in [-0.15, -0.1) is 0 Å². The molecular weight excluding hydrogens is 424 g/mol. The standard InChI is InChI=1S/C30H62O4/c1-4-7-9-10-11-12-13-14-15-18-22-31-23-19-16-17-20-24-32-25-26-33-27-28-34-29-30(6-3)21-8-5-2/h30H,4-29H2,1-3H3. The van der Waals surface area contributed by atoms with Gasteiger partial charge in [0, 0.05) is 26.4 Å². The number of hydrogen-bond acceptors (Lipinski definition) is 4. The summed E-state index contributed by atoms with van der Waals surface area (Å²) in [5, 5.41) is 0. The maximum absolute atomic E-state index is 5.78. The summed E-state index contributed by atoms with van der Waals surface area (Å²) in [5.41, 5.74) is 0. The number of rotatable bonds is 30. The van der Waals surface area contributed by atoms with E-state index in [0.29, 0.717) is 32.3 Å². The van der Waals surface area contributed by atoms with Gasteiger partial charge in [-0.25, -0.2) is 0 Å². The third-order valence-electron chi connectivity index (χ3n) is 6.61. The fourth-order valence-electron chi connectivity index (χ4n) is 4.14. The molecule has 0 aromatic carbocycles. The molecule has 0 aliphatic carbocycles. The Labute approximate surface area is 214 Å². The summed E-state index contributed by atoms with van der Waals surface area (Å²) in [5.74, 6) is 0.708. The van der Waals surface area contributed by atoms with Crippen LogP contribution in [0.25, 0.3) is 0 Å². The molecular formula is C30H62O4. The van der Waals surface area contributed by atoms with Gasteiger partial charge in [0.2, 0.25) is 0 Å². The maximum Gasteiger partial charge on any atom is 0.0701 e. The van der Waals surface area contributed by atoms with Crippen molar-refractivity contribution in [2.75, 3.05) is 52.9 Å². The molecule has 0 fully saturated rings. The van der Waals surface area contributed by atoms with E-state index in [4.69, 9.17) is 18.9 Å². The molecule has 0 aromatic rings. The van der Waals surface area contributed by atoms with Gasteiger partial charge in [0.25, 0.3) is 0 Å². The third-order valence-corrected chi connectivity index (χ3v) is 6.61. The van der Waals surface area contributed by atoms with Gasteiger partial charge in [-0.1, -0.05) is 111 Å². The largest absolute Gasteiger partial charge is 0.381 e. The highest BCUT2D eigenvalue weighted by atomic mass is 16.5. The first-order chi connectivity index (χ1) is 16.8. The van der Waals surface area contributed by atoms with Crippen LogP contribution in [0.5, 0.6) is 0 Å². The lowest BCUT2D eigenvalue weighted by Crippen LogP contribution is -2.14. The van der Waals surface area contributed by atoms with Crippen molar-refractivity contribution in [1.82, 2.24) is 0 Å². The van der Waals surface area contributed by atoms with E-state index in [1.54, 1.807) is 0 Å². The molecule has 0 bridgehead atoms. The van der Waals surface area contributed by atoms with Crippen molar-refractivity contribution in [3.63, 3.8) is 0 Å². The molecule has 1 unspecified atom stereocenters. The molecule has 0 amide bonds. The molecule has 0 aliphatic rings. The highest BCUT2D eigenvalue weighted by Gasteiger charge is 2.05. The second kappa shape index (κ2) is 30.9. The molecule has 0 rings (SSSR count). The lowest BCUT2D eigenvalue weighted by molar-refractivity contribution is 0.00566. The van der Waals surface area contributed by atoms with Gasteiger partial charge >= 0.3 is 0 Å². The molecule has 4 nitrogen and oxygen atoms in total. The van der Waals surface area contributed by atoms with Gasteiger partial charge in [-0.2, -0.15) is 0 Å². The predicted octanol–water partition coefficient (Wildman–Crippen LogP) is 8.75. The molecule has 1 atom stereocenters. The van der Waals surface area contributed by atoms with Gasteiger partial charge in [0.15, 0.2) is 0 Å². The summed E-state index contributed by atoms with van der Waals surface area (Å²) in [4.78, 5) is 0. The van der Waals surface area contributed by atoms with E-state index in [9.17, 15) is 0 Å². The topological polar surface area (TPSA) is 36.9 Å². The quantitative estimate of drug-likeness (QED) is 0.0951. The number of hydrogen-bond donors (Lipinski definition) is 0.